The summed E-state index contributed by atoms with van der Waals surface area (Å²) in [5.74, 6) is 1.43. The molecule has 37 heavy (non-hydrogen) atoms. The fraction of sp³-hybridized carbons (Fsp3) is 0.286. The Kier molecular flexibility index (Phi) is 8.81. The van der Waals surface area contributed by atoms with Crippen LogP contribution in [-0.4, -0.2) is 43.3 Å². The third-order valence-corrected chi connectivity index (χ3v) is 10.8. The Balaban J connectivity index is 1.58. The zero-order chi connectivity index (χ0) is 27.1. The lowest BCUT2D eigenvalue weighted by Crippen LogP contribution is -2.41. The molecule has 0 bridgehead atoms. The average molecular weight is 516 g/mol. The van der Waals surface area contributed by atoms with Crippen molar-refractivity contribution in [3.63, 3.8) is 0 Å². The van der Waals surface area contributed by atoms with Crippen LogP contribution in [0.15, 0.2) is 60.9 Å². The summed E-state index contributed by atoms with van der Waals surface area (Å²) in [4.78, 5) is 33.8. The third kappa shape index (κ3) is 7.49. The Morgan fingerprint density at radius 1 is 0.865 bits per heavy atom. The second kappa shape index (κ2) is 11.8. The number of nitrogens with one attached hydrogen (secondary N) is 3. The number of aromatic nitrogens is 2. The Morgan fingerprint density at radius 2 is 1.32 bits per heavy atom. The van der Waals surface area contributed by atoms with Gasteiger partial charge in [0, 0.05) is 41.6 Å². The molecule has 9 heteroatoms. The summed E-state index contributed by atoms with van der Waals surface area (Å²) in [6, 6.07) is 14.1. The van der Waals surface area contributed by atoms with Crippen molar-refractivity contribution >= 4 is 37.2 Å². The number of hydrogen-bond donors (Lipinski definition) is 3. The van der Waals surface area contributed by atoms with Crippen molar-refractivity contribution in [2.75, 3.05) is 29.1 Å². The van der Waals surface area contributed by atoms with E-state index in [0.717, 1.165) is 5.69 Å². The van der Waals surface area contributed by atoms with E-state index in [-0.39, 0.29) is 16.4 Å². The van der Waals surface area contributed by atoms with Crippen LogP contribution in [0.1, 0.15) is 47.3 Å². The molecule has 0 radical (unpaired) electrons. The summed E-state index contributed by atoms with van der Waals surface area (Å²) < 4.78 is 6.19. The van der Waals surface area contributed by atoms with E-state index in [1.165, 1.54) is 12.4 Å². The van der Waals surface area contributed by atoms with E-state index in [4.69, 9.17) is 10.8 Å². The molecule has 2 amide bonds. The lowest BCUT2D eigenvalue weighted by molar-refractivity contribution is 0.0983. The molecule has 2 aromatic carbocycles. The number of benzene rings is 2. The van der Waals surface area contributed by atoms with Crippen molar-refractivity contribution in [1.82, 2.24) is 9.97 Å². The molecule has 0 spiro atoms. The molecule has 0 unspecified atom stereocenters. The Labute approximate surface area is 219 Å². The molecule has 0 aliphatic carbocycles. The average Bonchev–Trinajstić information content (AvgIpc) is 2.87. The van der Waals surface area contributed by atoms with Gasteiger partial charge in [0.25, 0.3) is 11.8 Å². The number of anilines is 3. The van der Waals surface area contributed by atoms with Crippen molar-refractivity contribution in [1.29, 1.82) is 0 Å². The van der Waals surface area contributed by atoms with Gasteiger partial charge in [-0.2, -0.15) is 0 Å². The molecule has 0 saturated carbocycles. The van der Waals surface area contributed by atoms with Gasteiger partial charge in [-0.1, -0.05) is 26.7 Å². The van der Waals surface area contributed by atoms with Gasteiger partial charge in [0.15, 0.2) is 19.7 Å². The molecule has 0 aliphatic heterocycles. The van der Waals surface area contributed by atoms with Crippen LogP contribution in [0.5, 0.6) is 0 Å². The summed E-state index contributed by atoms with van der Waals surface area (Å²) in [5, 5.41) is 8.99. The van der Waals surface area contributed by atoms with Gasteiger partial charge in [-0.25, -0.2) is 9.97 Å². The number of hydrogen-bond acceptors (Lipinski definition) is 6. The molecular weight excluding hydrogens is 482 g/mol. The molecule has 0 aliphatic rings. The van der Waals surface area contributed by atoms with Crippen LogP contribution in [0.3, 0.4) is 0 Å². The highest BCUT2D eigenvalue weighted by Crippen LogP contribution is 2.36. The molecule has 1 aromatic heterocycles. The first kappa shape index (κ1) is 27.6. The fourth-order valence-electron chi connectivity index (χ4n) is 3.09. The minimum Gasteiger partial charge on any atom is -0.415 e. The summed E-state index contributed by atoms with van der Waals surface area (Å²) >= 11 is 0. The van der Waals surface area contributed by atoms with E-state index in [1.807, 2.05) is 12.1 Å². The van der Waals surface area contributed by atoms with Crippen LogP contribution in [0.4, 0.5) is 17.1 Å². The maximum atomic E-state index is 12.9. The first-order chi connectivity index (χ1) is 17.5. The summed E-state index contributed by atoms with van der Waals surface area (Å²) in [6.45, 7) is 12.4. The van der Waals surface area contributed by atoms with Gasteiger partial charge in [0.05, 0.1) is 6.61 Å². The molecule has 8 nitrogen and oxygen atoms in total. The molecule has 3 rings (SSSR count). The number of carbonyl (C=O) groups is 2. The van der Waals surface area contributed by atoms with Crippen molar-refractivity contribution in [3.8, 4) is 12.3 Å². The van der Waals surface area contributed by atoms with Crippen LogP contribution in [0.2, 0.25) is 18.1 Å². The van der Waals surface area contributed by atoms with Gasteiger partial charge in [-0.15, -0.1) is 6.42 Å². The topological polar surface area (TPSA) is 105 Å². The molecule has 3 N–H and O–H groups in total. The Morgan fingerprint density at radius 3 is 1.78 bits per heavy atom. The lowest BCUT2D eigenvalue weighted by Gasteiger charge is -2.36. The highest BCUT2D eigenvalue weighted by Gasteiger charge is 2.36. The predicted molar refractivity (Wildman–Crippen MR) is 150 cm³/mol. The Hall–Kier alpha value is -4.00. The quantitative estimate of drug-likeness (QED) is 0.200. The van der Waals surface area contributed by atoms with Crippen LogP contribution >= 0.6 is 0 Å². The summed E-state index contributed by atoms with van der Waals surface area (Å²) in [6.07, 6.45) is 8.09. The van der Waals surface area contributed by atoms with E-state index in [2.05, 4.69) is 65.7 Å². The van der Waals surface area contributed by atoms with E-state index in [1.54, 1.807) is 36.4 Å². The zero-order valence-electron chi connectivity index (χ0n) is 21.9. The molecule has 0 fully saturated rings. The van der Waals surface area contributed by atoms with Gasteiger partial charge >= 0.3 is 0 Å². The summed E-state index contributed by atoms with van der Waals surface area (Å²) in [7, 11) is -1.78. The Bertz CT molecular complexity index is 1280. The predicted octanol–water partition coefficient (Wildman–Crippen LogP) is 5.40. The molecule has 3 aromatic rings. The number of nitrogens with zero attached hydrogens (tertiary/aromatic N) is 2. The monoisotopic (exact) mass is 515 g/mol. The highest BCUT2D eigenvalue weighted by atomic mass is 28.4. The van der Waals surface area contributed by atoms with Crippen LogP contribution < -0.4 is 16.0 Å². The zero-order valence-corrected chi connectivity index (χ0v) is 22.9. The molecular formula is C28H33N5O3Si. The first-order valence-corrected chi connectivity index (χ1v) is 14.9. The third-order valence-electron chi connectivity index (χ3n) is 6.28. The number of amides is 2. The summed E-state index contributed by atoms with van der Waals surface area (Å²) in [5.41, 5.74) is 2.53. The van der Waals surface area contributed by atoms with E-state index >= 15 is 0 Å². The van der Waals surface area contributed by atoms with Gasteiger partial charge in [-0.05, 0) is 66.7 Å². The highest BCUT2D eigenvalue weighted by molar-refractivity contribution is 6.74. The molecule has 192 valence electrons. The number of rotatable bonds is 9. The van der Waals surface area contributed by atoms with Crippen molar-refractivity contribution in [3.05, 3.63) is 77.9 Å². The normalized spacial score (nSPS) is 11.4. The van der Waals surface area contributed by atoms with E-state index in [9.17, 15) is 9.59 Å². The molecule has 0 atom stereocenters. The van der Waals surface area contributed by atoms with Crippen LogP contribution in [0.25, 0.3) is 0 Å². The minimum absolute atomic E-state index is 0.0785. The van der Waals surface area contributed by atoms with Crippen molar-refractivity contribution in [2.45, 2.75) is 38.9 Å². The minimum atomic E-state index is -1.78. The number of terminal acetylenes is 1. The second-order valence-electron chi connectivity index (χ2n) is 10.00. The maximum Gasteiger partial charge on any atom is 0.276 e. The van der Waals surface area contributed by atoms with Crippen LogP contribution in [-0.2, 0) is 4.43 Å². The molecule has 0 saturated heterocycles. The van der Waals surface area contributed by atoms with Crippen LogP contribution in [0, 0.1) is 12.3 Å². The largest absolute Gasteiger partial charge is 0.415 e. The SMILES string of the molecule is C#Cc1ccc(NC(=O)c2nccnc2C(=O)Nc2ccc(NCCO[Si](C)(C)C(C)(C)C)cc2)cc1. The van der Waals surface area contributed by atoms with Gasteiger partial charge < -0.3 is 20.4 Å². The first-order valence-electron chi connectivity index (χ1n) is 12.0. The maximum absolute atomic E-state index is 12.9. The number of carbonyl (C=O) groups excluding carboxylic acids is 2. The van der Waals surface area contributed by atoms with E-state index < -0.39 is 20.1 Å². The lowest BCUT2D eigenvalue weighted by atomic mass is 10.2. The van der Waals surface area contributed by atoms with Gasteiger partial charge in [-0.3, -0.25) is 9.59 Å². The smallest absolute Gasteiger partial charge is 0.276 e. The van der Waals surface area contributed by atoms with Crippen molar-refractivity contribution < 1.29 is 14.0 Å². The van der Waals surface area contributed by atoms with Gasteiger partial charge in [0.2, 0.25) is 0 Å². The van der Waals surface area contributed by atoms with E-state index in [0.29, 0.717) is 30.1 Å². The standard InChI is InChI=1S/C28H33N5O3Si/c1-7-20-8-10-22(11-9-20)32-26(34)24-25(31-17-16-30-24)27(35)33-23-14-12-21(13-15-23)29-18-19-36-37(5,6)28(2,3)4/h1,8-17,29H,18-19H2,2-6H3,(H,32,34)(H,33,35). The van der Waals surface area contributed by atoms with Gasteiger partial charge in [0.1, 0.15) is 0 Å². The second-order valence-corrected chi connectivity index (χ2v) is 14.8. The molecule has 1 heterocycles. The fourth-order valence-corrected chi connectivity index (χ4v) is 4.14. The van der Waals surface area contributed by atoms with Crippen molar-refractivity contribution in [2.24, 2.45) is 0 Å².